The van der Waals surface area contributed by atoms with Crippen molar-refractivity contribution in [1.29, 1.82) is 0 Å². The van der Waals surface area contributed by atoms with Crippen molar-refractivity contribution in [2.45, 2.75) is 11.4 Å². The van der Waals surface area contributed by atoms with Crippen LogP contribution in [0.3, 0.4) is 0 Å². The van der Waals surface area contributed by atoms with Gasteiger partial charge in [-0.2, -0.15) is 9.29 Å². The van der Waals surface area contributed by atoms with Crippen molar-refractivity contribution in [1.82, 2.24) is 14.4 Å². The first kappa shape index (κ1) is 16.6. The summed E-state index contributed by atoms with van der Waals surface area (Å²) in [7, 11) is -2.21. The van der Waals surface area contributed by atoms with Gasteiger partial charge in [0.1, 0.15) is 0 Å². The van der Waals surface area contributed by atoms with Gasteiger partial charge in [-0.05, 0) is 24.3 Å². The van der Waals surface area contributed by atoms with E-state index in [1.807, 2.05) is 30.3 Å². The zero-order chi connectivity index (χ0) is 17.2. The lowest BCUT2D eigenvalue weighted by molar-refractivity contribution is 0.337. The molecule has 1 heterocycles. The molecule has 0 saturated carbocycles. The quantitative estimate of drug-likeness (QED) is 0.695. The Morgan fingerprint density at radius 1 is 1.08 bits per heavy atom. The molecular formula is C16H14ClN3O3S. The number of hydrogen-bond donors (Lipinski definition) is 0. The largest absolute Gasteiger partial charge is 0.338 e. The Labute approximate surface area is 144 Å². The van der Waals surface area contributed by atoms with E-state index in [0.717, 1.165) is 9.87 Å². The van der Waals surface area contributed by atoms with Gasteiger partial charge >= 0.3 is 0 Å². The molecule has 8 heteroatoms. The number of rotatable bonds is 5. The molecule has 6 nitrogen and oxygen atoms in total. The monoisotopic (exact) mass is 363 g/mol. The molecule has 0 fully saturated rings. The Balaban J connectivity index is 1.78. The van der Waals surface area contributed by atoms with Gasteiger partial charge in [0.25, 0.3) is 0 Å². The SMILES string of the molecule is CN(Cc1nc(-c2ccccc2)no1)S(=O)(=O)c1ccc(Cl)cc1. The maximum atomic E-state index is 12.5. The summed E-state index contributed by atoms with van der Waals surface area (Å²) in [5, 5.41) is 4.35. The summed E-state index contributed by atoms with van der Waals surface area (Å²) in [5.74, 6) is 0.636. The van der Waals surface area contributed by atoms with Crippen LogP contribution in [0.1, 0.15) is 5.89 Å². The molecule has 0 amide bonds. The average molecular weight is 364 g/mol. The molecule has 0 spiro atoms. The highest BCUT2D eigenvalue weighted by atomic mass is 35.5. The van der Waals surface area contributed by atoms with Gasteiger partial charge in [-0.25, -0.2) is 8.42 Å². The lowest BCUT2D eigenvalue weighted by Crippen LogP contribution is -2.26. The summed E-state index contributed by atoms with van der Waals surface area (Å²) < 4.78 is 31.3. The van der Waals surface area contributed by atoms with Gasteiger partial charge in [0.05, 0.1) is 11.4 Å². The van der Waals surface area contributed by atoms with E-state index in [1.54, 1.807) is 0 Å². The maximum absolute atomic E-state index is 12.5. The molecule has 0 aliphatic carbocycles. The lowest BCUT2D eigenvalue weighted by atomic mass is 10.2. The normalized spacial score (nSPS) is 11.8. The van der Waals surface area contributed by atoms with Crippen LogP contribution in [0.2, 0.25) is 5.02 Å². The molecular weight excluding hydrogens is 350 g/mol. The van der Waals surface area contributed by atoms with E-state index in [0.29, 0.717) is 10.8 Å². The fourth-order valence-electron chi connectivity index (χ4n) is 2.09. The molecule has 0 N–H and O–H groups in total. The lowest BCUT2D eigenvalue weighted by Gasteiger charge is -2.14. The van der Waals surface area contributed by atoms with E-state index in [9.17, 15) is 8.42 Å². The second-order valence-electron chi connectivity index (χ2n) is 5.09. The first-order valence-corrected chi connectivity index (χ1v) is 8.88. The van der Waals surface area contributed by atoms with Crippen molar-refractivity contribution in [2.75, 3.05) is 7.05 Å². The predicted octanol–water partition coefficient (Wildman–Crippen LogP) is 3.21. The van der Waals surface area contributed by atoms with Crippen molar-refractivity contribution >= 4 is 21.6 Å². The third-order valence-electron chi connectivity index (χ3n) is 3.38. The number of halogens is 1. The molecule has 3 rings (SSSR count). The van der Waals surface area contributed by atoms with Gasteiger partial charge in [-0.15, -0.1) is 0 Å². The number of aromatic nitrogens is 2. The number of nitrogens with zero attached hydrogens (tertiary/aromatic N) is 3. The average Bonchev–Trinajstić information content (AvgIpc) is 3.04. The van der Waals surface area contributed by atoms with Crippen LogP contribution in [0.4, 0.5) is 0 Å². The number of hydrogen-bond acceptors (Lipinski definition) is 5. The molecule has 0 radical (unpaired) electrons. The van der Waals surface area contributed by atoms with Gasteiger partial charge < -0.3 is 4.52 Å². The van der Waals surface area contributed by atoms with Gasteiger partial charge in [0.15, 0.2) is 0 Å². The number of sulfonamides is 1. The third kappa shape index (κ3) is 3.48. The number of benzene rings is 2. The minimum Gasteiger partial charge on any atom is -0.338 e. The molecule has 0 aliphatic heterocycles. The summed E-state index contributed by atoms with van der Waals surface area (Å²) >= 11 is 5.79. The van der Waals surface area contributed by atoms with E-state index >= 15 is 0 Å². The molecule has 0 atom stereocenters. The van der Waals surface area contributed by atoms with Gasteiger partial charge in [-0.3, -0.25) is 0 Å². The molecule has 0 saturated heterocycles. The Bertz CT molecular complexity index is 925. The highest BCUT2D eigenvalue weighted by Crippen LogP contribution is 2.20. The minimum atomic E-state index is -3.66. The van der Waals surface area contributed by atoms with E-state index in [1.165, 1.54) is 31.3 Å². The van der Waals surface area contributed by atoms with Gasteiger partial charge in [0, 0.05) is 17.6 Å². The van der Waals surface area contributed by atoms with Gasteiger partial charge in [-0.1, -0.05) is 47.1 Å². The van der Waals surface area contributed by atoms with Crippen molar-refractivity contribution in [3.8, 4) is 11.4 Å². The third-order valence-corrected chi connectivity index (χ3v) is 5.45. The Kier molecular flexibility index (Phi) is 4.66. The second-order valence-corrected chi connectivity index (χ2v) is 7.57. The molecule has 3 aromatic rings. The van der Waals surface area contributed by atoms with Crippen LogP contribution in [0.25, 0.3) is 11.4 Å². The van der Waals surface area contributed by atoms with Crippen LogP contribution in [0.15, 0.2) is 64.0 Å². The summed E-state index contributed by atoms with van der Waals surface area (Å²) in [6, 6.07) is 15.3. The summed E-state index contributed by atoms with van der Waals surface area (Å²) in [5.41, 5.74) is 0.802. The summed E-state index contributed by atoms with van der Waals surface area (Å²) in [6.07, 6.45) is 0. The molecule has 124 valence electrons. The van der Waals surface area contributed by atoms with Crippen molar-refractivity contribution in [3.05, 3.63) is 65.5 Å². The van der Waals surface area contributed by atoms with Gasteiger partial charge in [0.2, 0.25) is 21.7 Å². The van der Waals surface area contributed by atoms with Crippen LogP contribution in [0.5, 0.6) is 0 Å². The molecule has 0 bridgehead atoms. The van der Waals surface area contributed by atoms with Crippen molar-refractivity contribution in [2.24, 2.45) is 0 Å². The van der Waals surface area contributed by atoms with Crippen LogP contribution in [-0.2, 0) is 16.6 Å². The standard InChI is InChI=1S/C16H14ClN3O3S/c1-20(24(21,22)14-9-7-13(17)8-10-14)11-15-18-16(19-23-15)12-5-3-2-4-6-12/h2-10H,11H2,1H3. The first-order valence-electron chi connectivity index (χ1n) is 7.07. The molecule has 1 aromatic heterocycles. The van der Waals surface area contributed by atoms with Crippen LogP contribution in [-0.4, -0.2) is 29.9 Å². The van der Waals surface area contributed by atoms with E-state index in [2.05, 4.69) is 10.1 Å². The van der Waals surface area contributed by atoms with Crippen molar-refractivity contribution < 1.29 is 12.9 Å². The summed E-state index contributed by atoms with van der Waals surface area (Å²) in [6.45, 7) is -0.0230. The van der Waals surface area contributed by atoms with E-state index in [4.69, 9.17) is 16.1 Å². The molecule has 0 aliphatic rings. The fraction of sp³-hybridized carbons (Fsp3) is 0.125. The predicted molar refractivity (Wildman–Crippen MR) is 89.8 cm³/mol. The molecule has 2 aromatic carbocycles. The zero-order valence-corrected chi connectivity index (χ0v) is 14.3. The minimum absolute atomic E-state index is 0.0230. The van der Waals surface area contributed by atoms with Crippen molar-refractivity contribution in [3.63, 3.8) is 0 Å². The second kappa shape index (κ2) is 6.72. The Hall–Kier alpha value is -2.22. The Morgan fingerprint density at radius 2 is 1.75 bits per heavy atom. The van der Waals surface area contributed by atoms with Crippen LogP contribution < -0.4 is 0 Å². The van der Waals surface area contributed by atoms with E-state index in [-0.39, 0.29) is 17.3 Å². The molecule has 0 unspecified atom stereocenters. The zero-order valence-electron chi connectivity index (χ0n) is 12.8. The van der Waals surface area contributed by atoms with E-state index < -0.39 is 10.0 Å². The Morgan fingerprint density at radius 3 is 2.42 bits per heavy atom. The summed E-state index contributed by atoms with van der Waals surface area (Å²) in [4.78, 5) is 4.39. The highest BCUT2D eigenvalue weighted by Gasteiger charge is 2.23. The van der Waals surface area contributed by atoms with Crippen LogP contribution in [0, 0.1) is 0 Å². The highest BCUT2D eigenvalue weighted by molar-refractivity contribution is 7.89. The maximum Gasteiger partial charge on any atom is 0.243 e. The molecule has 24 heavy (non-hydrogen) atoms. The van der Waals surface area contributed by atoms with Crippen LogP contribution >= 0.6 is 11.6 Å². The first-order chi connectivity index (χ1) is 11.5. The fourth-order valence-corrected chi connectivity index (χ4v) is 3.33. The topological polar surface area (TPSA) is 76.3 Å². The smallest absolute Gasteiger partial charge is 0.243 e.